The van der Waals surface area contributed by atoms with E-state index in [2.05, 4.69) is 41.4 Å². The van der Waals surface area contributed by atoms with Gasteiger partial charge in [0.05, 0.1) is 18.7 Å². The molecule has 30 heavy (non-hydrogen) atoms. The van der Waals surface area contributed by atoms with Gasteiger partial charge in [0.25, 0.3) is 5.91 Å². The number of nitrogens with zero attached hydrogens (tertiary/aromatic N) is 1. The van der Waals surface area contributed by atoms with Crippen LogP contribution in [0.15, 0.2) is 60.7 Å². The standard InChI is InChI=1S/C26H30N2O2/c1-18-7-6-14-28(17-18)23-12-10-20(11-13-23)19(2)27-26(29)24-15-21-8-4-5-9-22(21)16-25(24)30-3/h4-5,8-13,15-16,18-19H,6-7,14,17H2,1-3H3,(H,27,29)/t18-,19-/m0/s1. The van der Waals surface area contributed by atoms with E-state index in [0.29, 0.717) is 11.3 Å². The molecule has 1 saturated heterocycles. The number of carbonyl (C=O) groups is 1. The van der Waals surface area contributed by atoms with Crippen molar-refractivity contribution in [3.63, 3.8) is 0 Å². The van der Waals surface area contributed by atoms with Crippen LogP contribution in [0.2, 0.25) is 0 Å². The fourth-order valence-electron chi connectivity index (χ4n) is 4.32. The second-order valence-electron chi connectivity index (χ2n) is 8.38. The quantitative estimate of drug-likeness (QED) is 0.606. The maximum Gasteiger partial charge on any atom is 0.255 e. The minimum absolute atomic E-state index is 0.0944. The third-order valence-corrected chi connectivity index (χ3v) is 6.08. The second-order valence-corrected chi connectivity index (χ2v) is 8.38. The normalized spacial score (nSPS) is 17.6. The van der Waals surface area contributed by atoms with Crippen molar-refractivity contribution in [3.8, 4) is 5.75 Å². The van der Waals surface area contributed by atoms with Crippen LogP contribution in [-0.2, 0) is 0 Å². The highest BCUT2D eigenvalue weighted by atomic mass is 16.5. The molecule has 1 N–H and O–H groups in total. The van der Waals surface area contributed by atoms with Crippen LogP contribution in [0, 0.1) is 5.92 Å². The van der Waals surface area contributed by atoms with Gasteiger partial charge < -0.3 is 15.0 Å². The third kappa shape index (κ3) is 4.28. The molecular formula is C26H30N2O2. The van der Waals surface area contributed by atoms with E-state index < -0.39 is 0 Å². The van der Waals surface area contributed by atoms with E-state index in [1.54, 1.807) is 7.11 Å². The molecule has 156 valence electrons. The van der Waals surface area contributed by atoms with Gasteiger partial charge in [0.1, 0.15) is 5.75 Å². The van der Waals surface area contributed by atoms with Crippen LogP contribution in [0.25, 0.3) is 10.8 Å². The number of hydrogen-bond donors (Lipinski definition) is 1. The molecule has 2 atom stereocenters. The van der Waals surface area contributed by atoms with Gasteiger partial charge in [0, 0.05) is 18.8 Å². The maximum atomic E-state index is 13.0. The summed E-state index contributed by atoms with van der Waals surface area (Å²) >= 11 is 0. The van der Waals surface area contributed by atoms with Gasteiger partial charge in [0.15, 0.2) is 0 Å². The van der Waals surface area contributed by atoms with E-state index in [4.69, 9.17) is 4.74 Å². The first kappa shape index (κ1) is 20.3. The van der Waals surface area contributed by atoms with Crippen LogP contribution in [0.3, 0.4) is 0 Å². The highest BCUT2D eigenvalue weighted by molar-refractivity contribution is 6.01. The zero-order valence-corrected chi connectivity index (χ0v) is 18.0. The van der Waals surface area contributed by atoms with Gasteiger partial charge in [-0.05, 0) is 66.3 Å². The summed E-state index contributed by atoms with van der Waals surface area (Å²) in [6, 6.07) is 20.3. The molecule has 3 aromatic carbocycles. The maximum absolute atomic E-state index is 13.0. The molecule has 4 rings (SSSR count). The van der Waals surface area contributed by atoms with Crippen molar-refractivity contribution in [2.24, 2.45) is 5.92 Å². The molecule has 0 radical (unpaired) electrons. The molecule has 1 fully saturated rings. The molecule has 1 aliphatic heterocycles. The van der Waals surface area contributed by atoms with E-state index in [1.165, 1.54) is 18.5 Å². The minimum Gasteiger partial charge on any atom is -0.496 e. The van der Waals surface area contributed by atoms with Crippen molar-refractivity contribution in [3.05, 3.63) is 71.8 Å². The highest BCUT2D eigenvalue weighted by Crippen LogP contribution is 2.28. The monoisotopic (exact) mass is 402 g/mol. The van der Waals surface area contributed by atoms with Crippen molar-refractivity contribution in [2.45, 2.75) is 32.7 Å². The molecule has 1 aliphatic rings. The molecule has 0 aromatic heterocycles. The highest BCUT2D eigenvalue weighted by Gasteiger charge is 2.19. The Morgan fingerprint density at radius 3 is 2.47 bits per heavy atom. The van der Waals surface area contributed by atoms with Gasteiger partial charge in [-0.25, -0.2) is 0 Å². The van der Waals surface area contributed by atoms with Gasteiger partial charge in [-0.1, -0.05) is 43.3 Å². The van der Waals surface area contributed by atoms with Crippen LogP contribution in [0.4, 0.5) is 5.69 Å². The molecule has 4 nitrogen and oxygen atoms in total. The smallest absolute Gasteiger partial charge is 0.255 e. The Hall–Kier alpha value is -3.01. The van der Waals surface area contributed by atoms with E-state index in [9.17, 15) is 4.79 Å². The number of fused-ring (bicyclic) bond motifs is 1. The van der Waals surface area contributed by atoms with E-state index in [0.717, 1.165) is 35.3 Å². The number of nitrogens with one attached hydrogen (secondary N) is 1. The average Bonchev–Trinajstić information content (AvgIpc) is 2.78. The summed E-state index contributed by atoms with van der Waals surface area (Å²) in [7, 11) is 1.60. The lowest BCUT2D eigenvalue weighted by Crippen LogP contribution is -2.34. The fraction of sp³-hybridized carbons (Fsp3) is 0.346. The molecule has 0 saturated carbocycles. The Morgan fingerprint density at radius 2 is 1.80 bits per heavy atom. The number of amides is 1. The molecule has 0 bridgehead atoms. The predicted octanol–water partition coefficient (Wildman–Crippen LogP) is 5.58. The lowest BCUT2D eigenvalue weighted by atomic mass is 9.99. The topological polar surface area (TPSA) is 41.6 Å². The molecule has 0 aliphatic carbocycles. The largest absolute Gasteiger partial charge is 0.496 e. The summed E-state index contributed by atoms with van der Waals surface area (Å²) in [6.45, 7) is 6.58. The summed E-state index contributed by atoms with van der Waals surface area (Å²) in [5.41, 5.74) is 2.92. The van der Waals surface area contributed by atoms with Gasteiger partial charge in [-0.15, -0.1) is 0 Å². The van der Waals surface area contributed by atoms with Gasteiger partial charge in [-0.3, -0.25) is 4.79 Å². The van der Waals surface area contributed by atoms with Crippen molar-refractivity contribution >= 4 is 22.4 Å². The lowest BCUT2D eigenvalue weighted by Gasteiger charge is -2.33. The average molecular weight is 403 g/mol. The number of piperidine rings is 1. The molecule has 4 heteroatoms. The number of hydrogen-bond acceptors (Lipinski definition) is 3. The summed E-state index contributed by atoms with van der Waals surface area (Å²) in [5, 5.41) is 5.21. The van der Waals surface area contributed by atoms with Gasteiger partial charge >= 0.3 is 0 Å². The summed E-state index contributed by atoms with van der Waals surface area (Å²) < 4.78 is 5.49. The molecule has 0 spiro atoms. The zero-order valence-electron chi connectivity index (χ0n) is 18.0. The van der Waals surface area contributed by atoms with Crippen LogP contribution in [0.5, 0.6) is 5.75 Å². The molecule has 0 unspecified atom stereocenters. The predicted molar refractivity (Wildman–Crippen MR) is 123 cm³/mol. The number of anilines is 1. The van der Waals surface area contributed by atoms with E-state index in [1.807, 2.05) is 43.3 Å². The zero-order chi connectivity index (χ0) is 21.1. The summed E-state index contributed by atoms with van der Waals surface area (Å²) in [4.78, 5) is 15.5. The second kappa shape index (κ2) is 8.78. The number of ether oxygens (including phenoxy) is 1. The Labute approximate surface area is 178 Å². The molecule has 1 amide bonds. The minimum atomic E-state index is -0.126. The van der Waals surface area contributed by atoms with Crippen molar-refractivity contribution < 1.29 is 9.53 Å². The van der Waals surface area contributed by atoms with Crippen molar-refractivity contribution in [2.75, 3.05) is 25.1 Å². The third-order valence-electron chi connectivity index (χ3n) is 6.08. The van der Waals surface area contributed by atoms with Crippen LogP contribution in [0.1, 0.15) is 48.7 Å². The van der Waals surface area contributed by atoms with Crippen molar-refractivity contribution in [1.29, 1.82) is 0 Å². The molecule has 3 aromatic rings. The van der Waals surface area contributed by atoms with Crippen molar-refractivity contribution in [1.82, 2.24) is 5.32 Å². The van der Waals surface area contributed by atoms with Gasteiger partial charge in [-0.2, -0.15) is 0 Å². The first-order valence-corrected chi connectivity index (χ1v) is 10.8. The van der Waals surface area contributed by atoms with Crippen LogP contribution in [-0.4, -0.2) is 26.1 Å². The first-order chi connectivity index (χ1) is 14.5. The Balaban J connectivity index is 1.49. The summed E-state index contributed by atoms with van der Waals surface area (Å²) in [6.07, 6.45) is 2.57. The van der Waals surface area contributed by atoms with E-state index >= 15 is 0 Å². The van der Waals surface area contributed by atoms with Crippen LogP contribution >= 0.6 is 0 Å². The number of carbonyl (C=O) groups excluding carboxylic acids is 1. The Kier molecular flexibility index (Phi) is 5.93. The van der Waals surface area contributed by atoms with Gasteiger partial charge in [0.2, 0.25) is 0 Å². The first-order valence-electron chi connectivity index (χ1n) is 10.8. The van der Waals surface area contributed by atoms with Crippen LogP contribution < -0.4 is 15.0 Å². The Bertz CT molecular complexity index is 1030. The molecule has 1 heterocycles. The van der Waals surface area contributed by atoms with E-state index in [-0.39, 0.29) is 11.9 Å². The number of rotatable bonds is 5. The summed E-state index contributed by atoms with van der Waals surface area (Å²) in [5.74, 6) is 1.21. The Morgan fingerprint density at radius 1 is 1.10 bits per heavy atom. The molecular weight excluding hydrogens is 372 g/mol. The lowest BCUT2D eigenvalue weighted by molar-refractivity contribution is 0.0937. The fourth-order valence-corrected chi connectivity index (χ4v) is 4.32. The number of methoxy groups -OCH3 is 1. The SMILES string of the molecule is COc1cc2ccccc2cc1C(=O)N[C@@H](C)c1ccc(N2CCC[C@H](C)C2)cc1. The number of benzene rings is 3.